The van der Waals surface area contributed by atoms with Gasteiger partial charge in [0.1, 0.15) is 0 Å². The van der Waals surface area contributed by atoms with Gasteiger partial charge in [0.25, 0.3) is 0 Å². The van der Waals surface area contributed by atoms with E-state index >= 15 is 0 Å². The first-order valence-corrected chi connectivity index (χ1v) is 6.53. The number of benzene rings is 2. The lowest BCUT2D eigenvalue weighted by Gasteiger charge is -2.10. The maximum absolute atomic E-state index is 6.02. The molecular formula is C16H17NO2. The number of rotatable bonds is 3. The summed E-state index contributed by atoms with van der Waals surface area (Å²) in [6.45, 7) is 2.40. The number of nitrogens with two attached hydrogens (primary N) is 1. The van der Waals surface area contributed by atoms with Crippen LogP contribution in [0.4, 0.5) is 0 Å². The van der Waals surface area contributed by atoms with E-state index < -0.39 is 0 Å². The molecular weight excluding hydrogens is 238 g/mol. The molecule has 0 aromatic heterocycles. The summed E-state index contributed by atoms with van der Waals surface area (Å²) in [7, 11) is 0. The summed E-state index contributed by atoms with van der Waals surface area (Å²) in [4.78, 5) is 0. The van der Waals surface area contributed by atoms with E-state index in [0.29, 0.717) is 6.79 Å². The third kappa shape index (κ3) is 2.29. The molecule has 0 saturated carbocycles. The van der Waals surface area contributed by atoms with E-state index in [1.165, 1.54) is 5.56 Å². The number of hydrogen-bond acceptors (Lipinski definition) is 3. The van der Waals surface area contributed by atoms with Crippen molar-refractivity contribution < 1.29 is 9.47 Å². The highest BCUT2D eigenvalue weighted by atomic mass is 16.7. The third-order valence-corrected chi connectivity index (χ3v) is 3.48. The van der Waals surface area contributed by atoms with E-state index in [1.54, 1.807) is 0 Å². The Hall–Kier alpha value is -2.00. The van der Waals surface area contributed by atoms with Crippen molar-refractivity contribution in [2.75, 3.05) is 6.79 Å². The minimum absolute atomic E-state index is 0.116. The number of hydrogen-bond donors (Lipinski definition) is 1. The predicted molar refractivity (Wildman–Crippen MR) is 75.2 cm³/mol. The summed E-state index contributed by atoms with van der Waals surface area (Å²) in [5, 5.41) is 0. The summed E-state index contributed by atoms with van der Waals surface area (Å²) in [6, 6.07) is 14.5. The third-order valence-electron chi connectivity index (χ3n) is 3.48. The predicted octanol–water partition coefficient (Wildman–Crippen LogP) is 3.49. The Morgan fingerprint density at radius 2 is 1.68 bits per heavy atom. The van der Waals surface area contributed by atoms with Crippen molar-refractivity contribution in [3.05, 3.63) is 48.0 Å². The second-order valence-corrected chi connectivity index (χ2v) is 4.70. The van der Waals surface area contributed by atoms with Crippen molar-refractivity contribution in [3.63, 3.8) is 0 Å². The highest BCUT2D eigenvalue weighted by Crippen LogP contribution is 2.36. The first-order valence-electron chi connectivity index (χ1n) is 6.53. The van der Waals surface area contributed by atoms with Crippen LogP contribution in [0.3, 0.4) is 0 Å². The average Bonchev–Trinajstić information content (AvgIpc) is 2.94. The van der Waals surface area contributed by atoms with Gasteiger partial charge in [-0.15, -0.1) is 0 Å². The molecule has 3 rings (SSSR count). The summed E-state index contributed by atoms with van der Waals surface area (Å²) in [5.41, 5.74) is 9.48. The van der Waals surface area contributed by atoms with Crippen molar-refractivity contribution >= 4 is 0 Å². The van der Waals surface area contributed by atoms with Crippen LogP contribution in [0.15, 0.2) is 42.5 Å². The van der Waals surface area contributed by atoms with Gasteiger partial charge in [-0.05, 0) is 35.2 Å². The monoisotopic (exact) mass is 255 g/mol. The highest BCUT2D eigenvalue weighted by molar-refractivity contribution is 5.67. The van der Waals surface area contributed by atoms with Gasteiger partial charge in [-0.1, -0.05) is 37.3 Å². The van der Waals surface area contributed by atoms with Crippen molar-refractivity contribution in [2.24, 2.45) is 5.73 Å². The van der Waals surface area contributed by atoms with Crippen molar-refractivity contribution in [2.45, 2.75) is 19.4 Å². The Morgan fingerprint density at radius 3 is 2.42 bits per heavy atom. The summed E-state index contributed by atoms with van der Waals surface area (Å²) < 4.78 is 10.7. The first-order chi connectivity index (χ1) is 9.28. The molecule has 1 atom stereocenters. The van der Waals surface area contributed by atoms with Crippen molar-refractivity contribution in [3.8, 4) is 22.6 Å². The van der Waals surface area contributed by atoms with Crippen LogP contribution in [0, 0.1) is 0 Å². The lowest BCUT2D eigenvalue weighted by atomic mass is 10.00. The van der Waals surface area contributed by atoms with Gasteiger partial charge >= 0.3 is 0 Å². The topological polar surface area (TPSA) is 44.5 Å². The van der Waals surface area contributed by atoms with E-state index in [1.807, 2.05) is 18.2 Å². The molecule has 19 heavy (non-hydrogen) atoms. The van der Waals surface area contributed by atoms with Gasteiger partial charge in [0.05, 0.1) is 0 Å². The second kappa shape index (κ2) is 4.94. The molecule has 0 saturated heterocycles. The van der Waals surface area contributed by atoms with E-state index in [-0.39, 0.29) is 6.04 Å². The molecule has 2 aromatic carbocycles. The lowest BCUT2D eigenvalue weighted by molar-refractivity contribution is 0.174. The normalized spacial score (nSPS) is 14.4. The van der Waals surface area contributed by atoms with Crippen LogP contribution < -0.4 is 15.2 Å². The quantitative estimate of drug-likeness (QED) is 0.913. The van der Waals surface area contributed by atoms with Crippen molar-refractivity contribution in [1.29, 1.82) is 0 Å². The van der Waals surface area contributed by atoms with Gasteiger partial charge in [-0.3, -0.25) is 0 Å². The van der Waals surface area contributed by atoms with Gasteiger partial charge in [-0.2, -0.15) is 0 Å². The van der Waals surface area contributed by atoms with Crippen LogP contribution in [0.5, 0.6) is 11.5 Å². The molecule has 0 radical (unpaired) electrons. The zero-order chi connectivity index (χ0) is 13.2. The van der Waals surface area contributed by atoms with Crippen LogP contribution in [-0.4, -0.2) is 6.79 Å². The fourth-order valence-corrected chi connectivity index (χ4v) is 2.23. The average molecular weight is 255 g/mol. The first kappa shape index (κ1) is 12.1. The second-order valence-electron chi connectivity index (χ2n) is 4.70. The summed E-state index contributed by atoms with van der Waals surface area (Å²) in [5.74, 6) is 1.63. The molecule has 0 amide bonds. The van der Waals surface area contributed by atoms with Crippen LogP contribution in [0.2, 0.25) is 0 Å². The Morgan fingerprint density at radius 1 is 1.00 bits per heavy atom. The van der Waals surface area contributed by atoms with Crippen LogP contribution in [0.25, 0.3) is 11.1 Å². The van der Waals surface area contributed by atoms with Gasteiger partial charge in [0.15, 0.2) is 11.5 Å². The molecule has 98 valence electrons. The molecule has 3 nitrogen and oxygen atoms in total. The number of ether oxygens (including phenoxy) is 2. The lowest BCUT2D eigenvalue weighted by Crippen LogP contribution is -2.07. The minimum atomic E-state index is 0.116. The van der Waals surface area contributed by atoms with Gasteiger partial charge in [-0.25, -0.2) is 0 Å². The van der Waals surface area contributed by atoms with E-state index in [9.17, 15) is 0 Å². The highest BCUT2D eigenvalue weighted by Gasteiger charge is 2.13. The summed E-state index contributed by atoms with van der Waals surface area (Å²) in [6.07, 6.45) is 0.948. The molecule has 3 heteroatoms. The largest absolute Gasteiger partial charge is 0.454 e. The zero-order valence-electron chi connectivity index (χ0n) is 10.9. The molecule has 0 fully saturated rings. The molecule has 1 unspecified atom stereocenters. The molecule has 0 aliphatic carbocycles. The van der Waals surface area contributed by atoms with E-state index in [0.717, 1.165) is 29.0 Å². The Balaban J connectivity index is 1.90. The SMILES string of the molecule is CCC(N)c1ccc(-c2ccc3c(c2)OCO3)cc1. The molecule has 1 aliphatic heterocycles. The standard InChI is InChI=1S/C16H17NO2/c1-2-14(17)12-5-3-11(4-6-12)13-7-8-15-16(9-13)19-10-18-15/h3-9,14H,2,10,17H2,1H3. The molecule has 0 spiro atoms. The number of fused-ring (bicyclic) bond motifs is 1. The van der Waals surface area contributed by atoms with Crippen LogP contribution in [-0.2, 0) is 0 Å². The van der Waals surface area contributed by atoms with Gasteiger partial charge in [0, 0.05) is 6.04 Å². The van der Waals surface area contributed by atoms with Gasteiger partial charge < -0.3 is 15.2 Å². The Kier molecular flexibility index (Phi) is 3.13. The maximum atomic E-state index is 6.02. The van der Waals surface area contributed by atoms with Crippen LogP contribution >= 0.6 is 0 Å². The molecule has 0 bridgehead atoms. The summed E-state index contributed by atoms with van der Waals surface area (Å²) >= 11 is 0. The molecule has 2 aromatic rings. The van der Waals surface area contributed by atoms with E-state index in [4.69, 9.17) is 15.2 Å². The Labute approximate surface area is 113 Å². The molecule has 1 aliphatic rings. The fourth-order valence-electron chi connectivity index (χ4n) is 2.23. The fraction of sp³-hybridized carbons (Fsp3) is 0.250. The molecule has 2 N–H and O–H groups in total. The minimum Gasteiger partial charge on any atom is -0.454 e. The maximum Gasteiger partial charge on any atom is 0.231 e. The zero-order valence-corrected chi connectivity index (χ0v) is 10.9. The Bertz CT molecular complexity index is 578. The van der Waals surface area contributed by atoms with Gasteiger partial charge in [0.2, 0.25) is 6.79 Å². The smallest absolute Gasteiger partial charge is 0.231 e. The molecule has 1 heterocycles. The van der Waals surface area contributed by atoms with E-state index in [2.05, 4.69) is 31.2 Å². The van der Waals surface area contributed by atoms with Crippen molar-refractivity contribution in [1.82, 2.24) is 0 Å². The van der Waals surface area contributed by atoms with Crippen LogP contribution in [0.1, 0.15) is 24.9 Å².